The van der Waals surface area contributed by atoms with E-state index in [2.05, 4.69) is 0 Å². The van der Waals surface area contributed by atoms with E-state index in [9.17, 15) is 14.0 Å². The lowest BCUT2D eigenvalue weighted by molar-refractivity contribution is 0.0525. The molecule has 0 saturated heterocycles. The minimum Gasteiger partial charge on any atom is -0.462 e. The second-order valence-corrected chi connectivity index (χ2v) is 7.39. The molecule has 1 heterocycles. The monoisotopic (exact) mass is 446 g/mol. The van der Waals surface area contributed by atoms with E-state index in [0.717, 1.165) is 3.57 Å². The largest absolute Gasteiger partial charge is 0.462 e. The highest BCUT2D eigenvalue weighted by Gasteiger charge is 2.24. The highest BCUT2D eigenvalue weighted by molar-refractivity contribution is 14.1. The number of ketones is 1. The van der Waals surface area contributed by atoms with Crippen molar-refractivity contribution < 1.29 is 18.7 Å². The van der Waals surface area contributed by atoms with Crippen LogP contribution in [-0.4, -0.2) is 18.4 Å². The molecule has 0 aliphatic rings. The van der Waals surface area contributed by atoms with Crippen LogP contribution in [0.1, 0.15) is 49.9 Å². The Kier molecular flexibility index (Phi) is 5.91. The Bertz CT molecular complexity index is 767. The summed E-state index contributed by atoms with van der Waals surface area (Å²) in [5, 5.41) is 0. The van der Waals surface area contributed by atoms with Crippen molar-refractivity contribution in [1.29, 1.82) is 0 Å². The topological polar surface area (TPSA) is 43.4 Å². The summed E-state index contributed by atoms with van der Waals surface area (Å²) in [6.45, 7) is 5.17. The van der Waals surface area contributed by atoms with E-state index in [-0.39, 0.29) is 24.6 Å². The van der Waals surface area contributed by atoms with Gasteiger partial charge in [0.2, 0.25) is 0 Å². The molecular formula is C17H16FIO3S. The molecule has 0 saturated carbocycles. The van der Waals surface area contributed by atoms with Crippen LogP contribution in [0.5, 0.6) is 0 Å². The van der Waals surface area contributed by atoms with Crippen LogP contribution in [0.2, 0.25) is 0 Å². The summed E-state index contributed by atoms with van der Waals surface area (Å²) >= 11 is 3.28. The summed E-state index contributed by atoms with van der Waals surface area (Å²) in [6.07, 6.45) is 0.260. The van der Waals surface area contributed by atoms with Crippen LogP contribution in [0.15, 0.2) is 18.2 Å². The van der Waals surface area contributed by atoms with Gasteiger partial charge >= 0.3 is 5.97 Å². The fraction of sp³-hybridized carbons (Fsp3) is 0.294. The molecule has 1 aromatic heterocycles. The minimum absolute atomic E-state index is 0.104. The molecule has 0 radical (unpaired) electrons. The number of rotatable bonds is 5. The Labute approximate surface area is 152 Å². The van der Waals surface area contributed by atoms with Gasteiger partial charge in [0.25, 0.3) is 0 Å². The number of carbonyl (C=O) groups excluding carboxylic acids is 2. The first-order valence-corrected chi connectivity index (χ1v) is 8.98. The molecule has 122 valence electrons. The van der Waals surface area contributed by atoms with Crippen molar-refractivity contribution in [2.24, 2.45) is 0 Å². The van der Waals surface area contributed by atoms with E-state index in [1.54, 1.807) is 19.9 Å². The second kappa shape index (κ2) is 7.53. The van der Waals surface area contributed by atoms with Gasteiger partial charge in [-0.05, 0) is 66.6 Å². The molecule has 23 heavy (non-hydrogen) atoms. The number of ether oxygens (including phenoxy) is 1. The molecule has 0 unspecified atom stereocenters. The van der Waals surface area contributed by atoms with Gasteiger partial charge in [-0.15, -0.1) is 11.3 Å². The third kappa shape index (κ3) is 3.98. The molecular weight excluding hydrogens is 430 g/mol. The van der Waals surface area contributed by atoms with E-state index in [1.807, 2.05) is 28.7 Å². The lowest BCUT2D eigenvalue weighted by Gasteiger charge is -2.06. The van der Waals surface area contributed by atoms with Gasteiger partial charge in [-0.25, -0.2) is 9.18 Å². The molecule has 3 nitrogen and oxygen atoms in total. The van der Waals surface area contributed by atoms with Crippen molar-refractivity contribution in [3.63, 3.8) is 0 Å². The molecule has 1 aromatic carbocycles. The lowest BCUT2D eigenvalue weighted by atomic mass is 10.0. The van der Waals surface area contributed by atoms with E-state index in [0.29, 0.717) is 26.4 Å². The zero-order valence-electron chi connectivity index (χ0n) is 13.0. The zero-order chi connectivity index (χ0) is 17.1. The van der Waals surface area contributed by atoms with E-state index >= 15 is 0 Å². The van der Waals surface area contributed by atoms with Crippen LogP contribution in [0.25, 0.3) is 0 Å². The van der Waals surface area contributed by atoms with Gasteiger partial charge in [0.1, 0.15) is 5.82 Å². The number of hydrogen-bond acceptors (Lipinski definition) is 4. The molecule has 0 bridgehead atoms. The molecule has 0 aliphatic carbocycles. The molecule has 2 aromatic rings. The van der Waals surface area contributed by atoms with Crippen molar-refractivity contribution in [3.05, 3.63) is 54.0 Å². The Morgan fingerprint density at radius 2 is 2.04 bits per heavy atom. The first-order chi connectivity index (χ1) is 10.8. The number of Topliss-reactive ketones (excluding diaryl/α,β-unsaturated/α-hetero) is 1. The SMILES string of the molecule is CCOC(=O)c1c(Cc2ccc(I)cc2F)sc(C(C)=O)c1C. The summed E-state index contributed by atoms with van der Waals surface area (Å²) < 4.78 is 20.0. The van der Waals surface area contributed by atoms with Crippen LogP contribution in [-0.2, 0) is 11.2 Å². The summed E-state index contributed by atoms with van der Waals surface area (Å²) in [7, 11) is 0. The van der Waals surface area contributed by atoms with Gasteiger partial charge in [0.05, 0.1) is 17.0 Å². The van der Waals surface area contributed by atoms with Gasteiger partial charge in [-0.2, -0.15) is 0 Å². The number of benzene rings is 1. The van der Waals surface area contributed by atoms with Crippen molar-refractivity contribution in [2.75, 3.05) is 6.61 Å². The van der Waals surface area contributed by atoms with Crippen molar-refractivity contribution in [2.45, 2.75) is 27.2 Å². The third-order valence-electron chi connectivity index (χ3n) is 3.39. The smallest absolute Gasteiger partial charge is 0.339 e. The number of esters is 1. The van der Waals surface area contributed by atoms with Crippen LogP contribution >= 0.6 is 33.9 Å². The van der Waals surface area contributed by atoms with Crippen LogP contribution in [0.4, 0.5) is 4.39 Å². The summed E-state index contributed by atoms with van der Waals surface area (Å²) in [5.74, 6) is -0.885. The number of thiophene rings is 1. The van der Waals surface area contributed by atoms with Gasteiger partial charge < -0.3 is 4.74 Å². The quantitative estimate of drug-likeness (QED) is 0.378. The lowest BCUT2D eigenvalue weighted by Crippen LogP contribution is -2.08. The molecule has 2 rings (SSSR count). The predicted octanol–water partition coefficient (Wildman–Crippen LogP) is 4.77. The second-order valence-electron chi connectivity index (χ2n) is 5.04. The molecule has 0 aliphatic heterocycles. The molecule has 6 heteroatoms. The highest BCUT2D eigenvalue weighted by atomic mass is 127. The predicted molar refractivity (Wildman–Crippen MR) is 96.9 cm³/mol. The van der Waals surface area contributed by atoms with Gasteiger partial charge in [-0.1, -0.05) is 6.07 Å². The normalized spacial score (nSPS) is 10.7. The summed E-state index contributed by atoms with van der Waals surface area (Å²) in [4.78, 5) is 25.2. The standard InChI is InChI=1S/C17H16FIO3S/c1-4-22-17(21)15-9(2)16(10(3)20)23-14(15)7-11-5-6-12(19)8-13(11)18/h5-6,8H,4,7H2,1-3H3. The Morgan fingerprint density at radius 1 is 1.35 bits per heavy atom. The van der Waals surface area contributed by atoms with E-state index < -0.39 is 5.97 Å². The van der Waals surface area contributed by atoms with Crippen molar-refractivity contribution >= 4 is 45.7 Å². The maximum Gasteiger partial charge on any atom is 0.339 e. The fourth-order valence-corrected chi connectivity index (χ4v) is 4.01. The van der Waals surface area contributed by atoms with Gasteiger partial charge in [-0.3, -0.25) is 4.79 Å². The number of halogens is 2. The maximum atomic E-state index is 14.1. The first kappa shape index (κ1) is 18.1. The average Bonchev–Trinajstić information content (AvgIpc) is 2.79. The maximum absolute atomic E-state index is 14.1. The van der Waals surface area contributed by atoms with Crippen LogP contribution in [0, 0.1) is 16.3 Å². The van der Waals surface area contributed by atoms with Gasteiger partial charge in [0, 0.05) is 14.9 Å². The number of hydrogen-bond donors (Lipinski definition) is 0. The fourth-order valence-electron chi connectivity index (χ4n) is 2.34. The van der Waals surface area contributed by atoms with Crippen LogP contribution in [0.3, 0.4) is 0 Å². The molecule has 0 atom stereocenters. The molecule has 0 amide bonds. The highest BCUT2D eigenvalue weighted by Crippen LogP contribution is 2.32. The molecule has 0 fully saturated rings. The zero-order valence-corrected chi connectivity index (χ0v) is 16.0. The molecule has 0 N–H and O–H groups in total. The van der Waals surface area contributed by atoms with Crippen molar-refractivity contribution in [3.8, 4) is 0 Å². The summed E-state index contributed by atoms with van der Waals surface area (Å²) in [6, 6.07) is 4.97. The number of carbonyl (C=O) groups is 2. The minimum atomic E-state index is -0.463. The average molecular weight is 446 g/mol. The molecule has 0 spiro atoms. The van der Waals surface area contributed by atoms with Gasteiger partial charge in [0.15, 0.2) is 5.78 Å². The Morgan fingerprint density at radius 3 is 2.61 bits per heavy atom. The van der Waals surface area contributed by atoms with Crippen LogP contribution < -0.4 is 0 Å². The van der Waals surface area contributed by atoms with E-state index in [4.69, 9.17) is 4.74 Å². The van der Waals surface area contributed by atoms with E-state index in [1.165, 1.54) is 24.3 Å². The summed E-state index contributed by atoms with van der Waals surface area (Å²) in [5.41, 5.74) is 1.49. The van der Waals surface area contributed by atoms with Crippen molar-refractivity contribution in [1.82, 2.24) is 0 Å². The Hall–Kier alpha value is -1.28. The Balaban J connectivity index is 2.49. The third-order valence-corrected chi connectivity index (χ3v) is 5.45. The first-order valence-electron chi connectivity index (χ1n) is 7.09.